The van der Waals surface area contributed by atoms with Crippen LogP contribution in [0.2, 0.25) is 0 Å². The maximum Gasteiger partial charge on any atom is 0.230 e. The number of benzene rings is 2. The number of carbonyl (C=O) groups excluding carboxylic acids is 1. The number of nitrogens with zero attached hydrogens (tertiary/aromatic N) is 3. The quantitative estimate of drug-likeness (QED) is 0.537. The van der Waals surface area contributed by atoms with Gasteiger partial charge in [0.2, 0.25) is 5.91 Å². The standard InChI is InChI=1S/C24H28N4O3S2/c1-24(2,3)18-11-9-17(10-12-18)22-26-27-23(28(22)20-7-5-4-6-8-20)32-15-21(29)25-19-13-14-33(30,31)16-19/h4-12,19H,13-16H2,1-3H3,(H,25,29). The largest absolute Gasteiger partial charge is 0.352 e. The number of sulfone groups is 1. The lowest BCUT2D eigenvalue weighted by Crippen LogP contribution is -2.36. The molecule has 4 rings (SSSR count). The van der Waals surface area contributed by atoms with Crippen molar-refractivity contribution in [3.63, 3.8) is 0 Å². The normalized spacial score (nSPS) is 17.7. The second-order valence-electron chi connectivity index (χ2n) is 9.26. The molecular weight excluding hydrogens is 456 g/mol. The van der Waals surface area contributed by atoms with E-state index in [4.69, 9.17) is 0 Å². The molecule has 1 aliphatic heterocycles. The molecule has 1 fully saturated rings. The summed E-state index contributed by atoms with van der Waals surface area (Å²) >= 11 is 1.28. The van der Waals surface area contributed by atoms with E-state index in [-0.39, 0.29) is 34.6 Å². The van der Waals surface area contributed by atoms with Crippen LogP contribution in [0.3, 0.4) is 0 Å². The highest BCUT2D eigenvalue weighted by molar-refractivity contribution is 7.99. The molecule has 174 valence electrons. The number of aromatic nitrogens is 3. The predicted octanol–water partition coefficient (Wildman–Crippen LogP) is 3.63. The number of rotatable bonds is 6. The van der Waals surface area contributed by atoms with Crippen molar-refractivity contribution in [1.82, 2.24) is 20.1 Å². The number of thioether (sulfide) groups is 1. The van der Waals surface area contributed by atoms with Crippen LogP contribution < -0.4 is 5.32 Å². The van der Waals surface area contributed by atoms with Gasteiger partial charge in [0, 0.05) is 17.3 Å². The second-order valence-corrected chi connectivity index (χ2v) is 12.4. The van der Waals surface area contributed by atoms with Gasteiger partial charge in [-0.2, -0.15) is 0 Å². The van der Waals surface area contributed by atoms with Crippen LogP contribution in [0.1, 0.15) is 32.8 Å². The minimum atomic E-state index is -3.04. The summed E-state index contributed by atoms with van der Waals surface area (Å²) in [5.41, 5.74) is 3.13. The molecule has 0 saturated carbocycles. The van der Waals surface area contributed by atoms with Crippen molar-refractivity contribution in [3.05, 3.63) is 60.2 Å². The van der Waals surface area contributed by atoms with E-state index in [1.165, 1.54) is 17.3 Å². The molecule has 9 heteroatoms. The molecule has 1 atom stereocenters. The van der Waals surface area contributed by atoms with E-state index < -0.39 is 9.84 Å². The lowest BCUT2D eigenvalue weighted by molar-refractivity contribution is -0.119. The Morgan fingerprint density at radius 3 is 2.39 bits per heavy atom. The van der Waals surface area contributed by atoms with E-state index in [9.17, 15) is 13.2 Å². The molecule has 0 radical (unpaired) electrons. The van der Waals surface area contributed by atoms with E-state index in [2.05, 4.69) is 48.4 Å². The first kappa shape index (κ1) is 23.5. The van der Waals surface area contributed by atoms with Gasteiger partial charge < -0.3 is 5.32 Å². The smallest absolute Gasteiger partial charge is 0.230 e. The monoisotopic (exact) mass is 484 g/mol. The van der Waals surface area contributed by atoms with Crippen LogP contribution in [-0.4, -0.2) is 52.4 Å². The molecule has 7 nitrogen and oxygen atoms in total. The zero-order chi connectivity index (χ0) is 23.6. The Bertz CT molecular complexity index is 1230. The van der Waals surface area contributed by atoms with E-state index in [0.29, 0.717) is 17.4 Å². The summed E-state index contributed by atoms with van der Waals surface area (Å²) in [7, 11) is -3.04. The number of nitrogens with one attached hydrogen (secondary N) is 1. The van der Waals surface area contributed by atoms with Crippen LogP contribution >= 0.6 is 11.8 Å². The highest BCUT2D eigenvalue weighted by Crippen LogP contribution is 2.30. The summed E-state index contributed by atoms with van der Waals surface area (Å²) in [6, 6.07) is 17.8. The average molecular weight is 485 g/mol. The van der Waals surface area contributed by atoms with Crippen LogP contribution in [0.15, 0.2) is 59.8 Å². The lowest BCUT2D eigenvalue weighted by Gasteiger charge is -2.19. The van der Waals surface area contributed by atoms with Gasteiger partial charge in [-0.25, -0.2) is 8.42 Å². The summed E-state index contributed by atoms with van der Waals surface area (Å²) in [5, 5.41) is 12.2. The Morgan fingerprint density at radius 1 is 1.09 bits per heavy atom. The van der Waals surface area contributed by atoms with Crippen LogP contribution in [0.5, 0.6) is 0 Å². The van der Waals surface area contributed by atoms with E-state index in [1.54, 1.807) is 0 Å². The summed E-state index contributed by atoms with van der Waals surface area (Å²) in [6.07, 6.45) is 0.466. The molecule has 33 heavy (non-hydrogen) atoms. The van der Waals surface area contributed by atoms with Crippen LogP contribution in [0.4, 0.5) is 0 Å². The maximum atomic E-state index is 12.5. The van der Waals surface area contributed by atoms with Crippen LogP contribution in [0, 0.1) is 0 Å². The van der Waals surface area contributed by atoms with Gasteiger partial charge in [-0.1, -0.05) is 75.0 Å². The molecule has 0 spiro atoms. The number of amides is 1. The minimum Gasteiger partial charge on any atom is -0.352 e. The molecule has 0 aliphatic carbocycles. The fourth-order valence-corrected chi connectivity index (χ4v) is 6.22. The van der Waals surface area contributed by atoms with Gasteiger partial charge in [0.15, 0.2) is 20.8 Å². The Labute approximate surface area is 198 Å². The zero-order valence-corrected chi connectivity index (χ0v) is 20.6. The Hall–Kier alpha value is -2.65. The van der Waals surface area contributed by atoms with Gasteiger partial charge in [-0.15, -0.1) is 10.2 Å². The number of hydrogen-bond donors (Lipinski definition) is 1. The summed E-state index contributed by atoms with van der Waals surface area (Å²) in [6.45, 7) is 6.53. The van der Waals surface area contributed by atoms with Crippen molar-refractivity contribution >= 4 is 27.5 Å². The highest BCUT2D eigenvalue weighted by Gasteiger charge is 2.29. The van der Waals surface area contributed by atoms with E-state index in [1.807, 2.05) is 47.0 Å². The molecular formula is C24H28N4O3S2. The van der Waals surface area contributed by atoms with Gasteiger partial charge >= 0.3 is 0 Å². The molecule has 2 aromatic carbocycles. The molecule has 1 aliphatic rings. The van der Waals surface area contributed by atoms with Gasteiger partial charge in [-0.3, -0.25) is 9.36 Å². The van der Waals surface area contributed by atoms with Crippen molar-refractivity contribution in [3.8, 4) is 17.1 Å². The van der Waals surface area contributed by atoms with Crippen LogP contribution in [0.25, 0.3) is 17.1 Å². The first-order valence-corrected chi connectivity index (χ1v) is 13.7. The molecule has 1 aromatic heterocycles. The molecule has 0 bridgehead atoms. The Morgan fingerprint density at radius 2 is 1.79 bits per heavy atom. The highest BCUT2D eigenvalue weighted by atomic mass is 32.2. The first-order valence-electron chi connectivity index (χ1n) is 10.9. The van der Waals surface area contributed by atoms with Crippen LogP contribution in [-0.2, 0) is 20.0 Å². The number of carbonyl (C=O) groups is 1. The lowest BCUT2D eigenvalue weighted by atomic mass is 9.87. The summed E-state index contributed by atoms with van der Waals surface area (Å²) < 4.78 is 25.2. The van der Waals surface area contributed by atoms with Crippen molar-refractivity contribution < 1.29 is 13.2 Å². The van der Waals surface area contributed by atoms with E-state index in [0.717, 1.165) is 11.3 Å². The zero-order valence-electron chi connectivity index (χ0n) is 19.0. The van der Waals surface area contributed by atoms with Gasteiger partial charge in [0.25, 0.3) is 0 Å². The fourth-order valence-electron chi connectivity index (χ4n) is 3.79. The average Bonchev–Trinajstić information content (AvgIpc) is 3.35. The molecule has 1 amide bonds. The predicted molar refractivity (Wildman–Crippen MR) is 131 cm³/mol. The Kier molecular flexibility index (Phi) is 6.63. The van der Waals surface area contributed by atoms with Crippen molar-refractivity contribution in [1.29, 1.82) is 0 Å². The Balaban J connectivity index is 1.56. The third-order valence-electron chi connectivity index (χ3n) is 5.59. The van der Waals surface area contributed by atoms with Gasteiger partial charge in [-0.05, 0) is 29.5 Å². The van der Waals surface area contributed by atoms with Crippen molar-refractivity contribution in [2.45, 2.75) is 43.8 Å². The molecule has 1 unspecified atom stereocenters. The number of para-hydroxylation sites is 1. The minimum absolute atomic E-state index is 0.0122. The molecule has 1 N–H and O–H groups in total. The number of hydrogen-bond acceptors (Lipinski definition) is 6. The van der Waals surface area contributed by atoms with Crippen molar-refractivity contribution in [2.75, 3.05) is 17.3 Å². The van der Waals surface area contributed by atoms with E-state index >= 15 is 0 Å². The van der Waals surface area contributed by atoms with Gasteiger partial charge in [0.1, 0.15) is 0 Å². The summed E-state index contributed by atoms with van der Waals surface area (Å²) in [4.78, 5) is 12.5. The summed E-state index contributed by atoms with van der Waals surface area (Å²) in [5.74, 6) is 0.764. The third-order valence-corrected chi connectivity index (χ3v) is 8.28. The second kappa shape index (κ2) is 9.30. The topological polar surface area (TPSA) is 94.0 Å². The molecule has 2 heterocycles. The maximum absolute atomic E-state index is 12.5. The first-order chi connectivity index (χ1) is 15.6. The van der Waals surface area contributed by atoms with Crippen molar-refractivity contribution in [2.24, 2.45) is 0 Å². The van der Waals surface area contributed by atoms with Gasteiger partial charge in [0.05, 0.1) is 17.3 Å². The molecule has 1 saturated heterocycles. The molecule has 3 aromatic rings. The SMILES string of the molecule is CC(C)(C)c1ccc(-c2nnc(SCC(=O)NC3CCS(=O)(=O)C3)n2-c2ccccc2)cc1. The third kappa shape index (κ3) is 5.65. The fraction of sp³-hybridized carbons (Fsp3) is 0.375.